The summed E-state index contributed by atoms with van der Waals surface area (Å²) in [4.78, 5) is 15.2. The molecule has 2 rings (SSSR count). The number of nitrogens with zero attached hydrogens (tertiary/aromatic N) is 3. The summed E-state index contributed by atoms with van der Waals surface area (Å²) in [5, 5.41) is 6.87. The standard InChI is InChI=1S/C6H6N4O/c1-10-3-7-5-4(6(10)11)2-8-9-5/h2-3H,1H3,(H,8,9). The molecule has 56 valence electrons. The molecule has 0 spiro atoms. The minimum absolute atomic E-state index is 0.0799. The van der Waals surface area contributed by atoms with E-state index in [9.17, 15) is 4.79 Å². The second kappa shape index (κ2) is 1.91. The first-order valence-corrected chi connectivity index (χ1v) is 3.14. The van der Waals surface area contributed by atoms with Gasteiger partial charge in [-0.15, -0.1) is 0 Å². The van der Waals surface area contributed by atoms with Crippen LogP contribution in [0.5, 0.6) is 0 Å². The van der Waals surface area contributed by atoms with Gasteiger partial charge in [-0.05, 0) is 0 Å². The third-order valence-electron chi connectivity index (χ3n) is 1.52. The third-order valence-corrected chi connectivity index (χ3v) is 1.52. The quantitative estimate of drug-likeness (QED) is 0.558. The molecule has 11 heavy (non-hydrogen) atoms. The molecule has 5 nitrogen and oxygen atoms in total. The van der Waals surface area contributed by atoms with E-state index in [1.54, 1.807) is 13.2 Å². The van der Waals surface area contributed by atoms with E-state index in [1.165, 1.54) is 10.9 Å². The molecule has 2 aromatic heterocycles. The van der Waals surface area contributed by atoms with Crippen LogP contribution in [0.25, 0.3) is 11.0 Å². The molecule has 0 saturated carbocycles. The Hall–Kier alpha value is -1.65. The van der Waals surface area contributed by atoms with Crippen LogP contribution in [0.15, 0.2) is 17.3 Å². The lowest BCUT2D eigenvalue weighted by Gasteiger charge is -1.92. The molecule has 0 unspecified atom stereocenters. The first-order chi connectivity index (χ1) is 5.29. The zero-order chi connectivity index (χ0) is 7.84. The fourth-order valence-electron chi connectivity index (χ4n) is 0.922. The van der Waals surface area contributed by atoms with E-state index in [0.717, 1.165) is 0 Å². The molecule has 0 aliphatic rings. The minimum atomic E-state index is -0.0799. The number of hydrogen-bond donors (Lipinski definition) is 1. The summed E-state index contributed by atoms with van der Waals surface area (Å²) >= 11 is 0. The number of fused-ring (bicyclic) bond motifs is 1. The van der Waals surface area contributed by atoms with Gasteiger partial charge in [0.2, 0.25) is 0 Å². The van der Waals surface area contributed by atoms with Crippen molar-refractivity contribution in [2.45, 2.75) is 0 Å². The van der Waals surface area contributed by atoms with Gasteiger partial charge in [0.05, 0.1) is 6.33 Å². The molecule has 0 saturated heterocycles. The second-order valence-corrected chi connectivity index (χ2v) is 2.28. The second-order valence-electron chi connectivity index (χ2n) is 2.28. The van der Waals surface area contributed by atoms with Crippen LogP contribution in [0.2, 0.25) is 0 Å². The van der Waals surface area contributed by atoms with Crippen LogP contribution in [-0.2, 0) is 7.05 Å². The van der Waals surface area contributed by atoms with Crippen molar-refractivity contribution < 1.29 is 0 Å². The predicted octanol–water partition coefficient (Wildman–Crippen LogP) is -0.343. The molecule has 1 N–H and O–H groups in total. The molecule has 2 aromatic rings. The van der Waals surface area contributed by atoms with Gasteiger partial charge in [0.1, 0.15) is 5.39 Å². The molecular weight excluding hydrogens is 144 g/mol. The van der Waals surface area contributed by atoms with E-state index in [0.29, 0.717) is 11.0 Å². The minimum Gasteiger partial charge on any atom is -0.302 e. The van der Waals surface area contributed by atoms with Crippen LogP contribution in [0.3, 0.4) is 0 Å². The molecule has 0 bridgehead atoms. The van der Waals surface area contributed by atoms with Crippen LogP contribution in [-0.4, -0.2) is 19.7 Å². The van der Waals surface area contributed by atoms with E-state index in [1.807, 2.05) is 0 Å². The van der Waals surface area contributed by atoms with E-state index >= 15 is 0 Å². The van der Waals surface area contributed by atoms with Gasteiger partial charge < -0.3 is 4.57 Å². The maximum atomic E-state index is 11.3. The smallest absolute Gasteiger partial charge is 0.264 e. The van der Waals surface area contributed by atoms with Gasteiger partial charge in [0, 0.05) is 13.2 Å². The molecule has 0 fully saturated rings. The van der Waals surface area contributed by atoms with Gasteiger partial charge in [0.25, 0.3) is 5.56 Å². The Morgan fingerprint density at radius 3 is 3.27 bits per heavy atom. The zero-order valence-electron chi connectivity index (χ0n) is 5.90. The van der Waals surface area contributed by atoms with Gasteiger partial charge in [0.15, 0.2) is 5.65 Å². The van der Waals surface area contributed by atoms with Crippen molar-refractivity contribution in [3.8, 4) is 0 Å². The molecular formula is C6H6N4O. The molecule has 0 aliphatic heterocycles. The highest BCUT2D eigenvalue weighted by Gasteiger charge is 2.01. The first-order valence-electron chi connectivity index (χ1n) is 3.14. The Balaban J connectivity index is 3.05. The van der Waals surface area contributed by atoms with Crippen molar-refractivity contribution in [2.24, 2.45) is 7.05 Å². The molecule has 5 heteroatoms. The number of hydrogen-bond acceptors (Lipinski definition) is 3. The monoisotopic (exact) mass is 150 g/mol. The molecule has 0 aromatic carbocycles. The van der Waals surface area contributed by atoms with Crippen molar-refractivity contribution in [3.05, 3.63) is 22.9 Å². The number of H-pyrrole nitrogens is 1. The number of aromatic nitrogens is 4. The Morgan fingerprint density at radius 1 is 1.64 bits per heavy atom. The maximum absolute atomic E-state index is 11.3. The summed E-state index contributed by atoms with van der Waals surface area (Å²) in [6.07, 6.45) is 3.00. The van der Waals surface area contributed by atoms with Gasteiger partial charge in [-0.2, -0.15) is 5.10 Å². The summed E-state index contributed by atoms with van der Waals surface area (Å²) in [5.74, 6) is 0. The zero-order valence-corrected chi connectivity index (χ0v) is 5.90. The van der Waals surface area contributed by atoms with Crippen molar-refractivity contribution in [2.75, 3.05) is 0 Å². The summed E-state index contributed by atoms with van der Waals surface area (Å²) in [6.45, 7) is 0. The lowest BCUT2D eigenvalue weighted by atomic mass is 10.4. The average Bonchev–Trinajstić information content (AvgIpc) is 2.45. The summed E-state index contributed by atoms with van der Waals surface area (Å²) in [6, 6.07) is 0. The Labute approximate surface area is 61.7 Å². The Morgan fingerprint density at radius 2 is 2.45 bits per heavy atom. The average molecular weight is 150 g/mol. The molecule has 2 heterocycles. The van der Waals surface area contributed by atoms with Gasteiger partial charge in [-0.25, -0.2) is 4.98 Å². The van der Waals surface area contributed by atoms with Crippen LogP contribution < -0.4 is 5.56 Å². The highest BCUT2D eigenvalue weighted by atomic mass is 16.1. The van der Waals surface area contributed by atoms with Crippen molar-refractivity contribution in [1.82, 2.24) is 19.7 Å². The number of aromatic amines is 1. The predicted molar refractivity (Wildman–Crippen MR) is 39.1 cm³/mol. The first kappa shape index (κ1) is 6.09. The highest BCUT2D eigenvalue weighted by molar-refractivity contribution is 5.71. The van der Waals surface area contributed by atoms with Gasteiger partial charge in [-0.3, -0.25) is 9.89 Å². The van der Waals surface area contributed by atoms with E-state index in [2.05, 4.69) is 15.2 Å². The molecule has 0 aliphatic carbocycles. The summed E-state index contributed by atoms with van der Waals surface area (Å²) < 4.78 is 1.41. The number of nitrogens with one attached hydrogen (secondary N) is 1. The fraction of sp³-hybridized carbons (Fsp3) is 0.167. The normalized spacial score (nSPS) is 10.6. The maximum Gasteiger partial charge on any atom is 0.264 e. The Kier molecular flexibility index (Phi) is 1.06. The fourth-order valence-corrected chi connectivity index (χ4v) is 0.922. The highest BCUT2D eigenvalue weighted by Crippen LogP contribution is 1.97. The summed E-state index contributed by atoms with van der Waals surface area (Å²) in [7, 11) is 1.65. The van der Waals surface area contributed by atoms with E-state index in [-0.39, 0.29) is 5.56 Å². The van der Waals surface area contributed by atoms with Crippen LogP contribution >= 0.6 is 0 Å². The SMILES string of the molecule is Cn1cnc2n[nH]cc2c1=O. The summed E-state index contributed by atoms with van der Waals surface area (Å²) in [5.41, 5.74) is 0.386. The van der Waals surface area contributed by atoms with Crippen LogP contribution in [0.4, 0.5) is 0 Å². The van der Waals surface area contributed by atoms with Crippen molar-refractivity contribution >= 4 is 11.0 Å². The lowest BCUT2D eigenvalue weighted by Crippen LogP contribution is -2.15. The van der Waals surface area contributed by atoms with Crippen LogP contribution in [0.1, 0.15) is 0 Å². The van der Waals surface area contributed by atoms with E-state index < -0.39 is 0 Å². The number of rotatable bonds is 0. The molecule has 0 radical (unpaired) electrons. The molecule has 0 amide bonds. The van der Waals surface area contributed by atoms with Gasteiger partial charge in [-0.1, -0.05) is 0 Å². The third kappa shape index (κ3) is 0.739. The number of aryl methyl sites for hydroxylation is 1. The largest absolute Gasteiger partial charge is 0.302 e. The van der Waals surface area contributed by atoms with E-state index in [4.69, 9.17) is 0 Å². The van der Waals surface area contributed by atoms with Crippen molar-refractivity contribution in [1.29, 1.82) is 0 Å². The Bertz CT molecular complexity index is 441. The topological polar surface area (TPSA) is 63.6 Å². The van der Waals surface area contributed by atoms with Crippen molar-refractivity contribution in [3.63, 3.8) is 0 Å². The van der Waals surface area contributed by atoms with Gasteiger partial charge >= 0.3 is 0 Å². The lowest BCUT2D eigenvalue weighted by molar-refractivity contribution is 0.841. The van der Waals surface area contributed by atoms with Crippen LogP contribution in [0, 0.1) is 0 Å². The molecule has 0 atom stereocenters.